The zero-order chi connectivity index (χ0) is 39.0. The van der Waals surface area contributed by atoms with E-state index in [9.17, 15) is 19.8 Å². The minimum atomic E-state index is -2.25. The first-order chi connectivity index (χ1) is 25.1. The van der Waals surface area contributed by atoms with Crippen molar-refractivity contribution in [2.24, 2.45) is 5.92 Å². The van der Waals surface area contributed by atoms with Gasteiger partial charge < -0.3 is 38.3 Å². The number of ether oxygens (including phenoxy) is 5. The maximum atomic E-state index is 12.3. The minimum Gasteiger partial charge on any atom is -0.497 e. The van der Waals surface area contributed by atoms with Gasteiger partial charge in [0.25, 0.3) is 0 Å². The van der Waals surface area contributed by atoms with Gasteiger partial charge in [-0.3, -0.25) is 4.79 Å². The van der Waals surface area contributed by atoms with Gasteiger partial charge in [-0.05, 0) is 80.1 Å². The largest absolute Gasteiger partial charge is 0.497 e. The third-order valence-corrected chi connectivity index (χ3v) is 14.7. The molecule has 0 aromatic heterocycles. The van der Waals surface area contributed by atoms with Gasteiger partial charge >= 0.3 is 11.9 Å². The summed E-state index contributed by atoms with van der Waals surface area (Å²) in [6, 6.07) is 16.5. The molecule has 2 aromatic rings. The first-order valence-electron chi connectivity index (χ1n) is 18.9. The Morgan fingerprint density at radius 2 is 1.66 bits per heavy atom. The fourth-order valence-electron chi connectivity index (χ4n) is 5.90. The van der Waals surface area contributed by atoms with Gasteiger partial charge in [-0.1, -0.05) is 69.9 Å². The van der Waals surface area contributed by atoms with Crippen molar-refractivity contribution in [3.8, 4) is 17.6 Å². The van der Waals surface area contributed by atoms with Crippen LogP contribution in [0.25, 0.3) is 0 Å². The van der Waals surface area contributed by atoms with E-state index in [1.807, 2.05) is 37.3 Å². The van der Waals surface area contributed by atoms with E-state index in [0.29, 0.717) is 50.9 Å². The molecule has 53 heavy (non-hydrogen) atoms. The average Bonchev–Trinajstić information content (AvgIpc) is 3.58. The molecule has 3 rings (SSSR count). The van der Waals surface area contributed by atoms with Gasteiger partial charge in [0.2, 0.25) is 0 Å². The lowest BCUT2D eigenvalue weighted by atomic mass is 9.90. The minimum absolute atomic E-state index is 0.0607. The van der Waals surface area contributed by atoms with E-state index < -0.39 is 26.4 Å². The van der Waals surface area contributed by atoms with Crippen LogP contribution in [-0.2, 0) is 34.8 Å². The molecule has 0 spiro atoms. The molecule has 10 nitrogen and oxygen atoms in total. The normalized spacial score (nSPS) is 18.9. The molecule has 0 bridgehead atoms. The van der Waals surface area contributed by atoms with Crippen LogP contribution in [0.2, 0.25) is 18.1 Å². The van der Waals surface area contributed by atoms with Crippen LogP contribution >= 0.6 is 0 Å². The van der Waals surface area contributed by atoms with E-state index in [4.69, 9.17) is 28.1 Å². The Labute approximate surface area is 318 Å². The molecular weight excluding hydrogens is 693 g/mol. The fraction of sp³-hybridized carbons (Fsp3) is 0.619. The molecule has 1 aliphatic heterocycles. The summed E-state index contributed by atoms with van der Waals surface area (Å²) in [6.07, 6.45) is 0.972. The standard InChI is InChI=1S/C42H62O10Si/c1-30(40(45)38(44)18-12-16-35-24-25-37(51-35)29-49-41(46)33-14-10-9-11-15-33)39(52-53(7,8)42(3,4)5)19-13-17-36(50-31(2)43)26-27-48-28-32-20-22-34(47-6)23-21-32/h9-11,14-15,20-23,30,35-40,44-45H,13,16-17,19,24-29H2,1-8H3/t30-,35+,36-,37-,38+,39-,40+/m0/s1. The van der Waals surface area contributed by atoms with E-state index in [0.717, 1.165) is 24.2 Å². The third-order valence-electron chi connectivity index (χ3n) is 10.2. The smallest absolute Gasteiger partial charge is 0.338 e. The Morgan fingerprint density at radius 3 is 2.30 bits per heavy atom. The van der Waals surface area contributed by atoms with E-state index in [2.05, 4.69) is 45.7 Å². The predicted octanol–water partition coefficient (Wildman–Crippen LogP) is 7.25. The number of carbonyl (C=O) groups is 2. The van der Waals surface area contributed by atoms with Gasteiger partial charge in [0.15, 0.2) is 8.32 Å². The molecule has 0 radical (unpaired) electrons. The van der Waals surface area contributed by atoms with Crippen LogP contribution in [0, 0.1) is 17.8 Å². The second kappa shape index (κ2) is 21.6. The van der Waals surface area contributed by atoms with Crippen molar-refractivity contribution in [2.75, 3.05) is 20.3 Å². The Kier molecular flexibility index (Phi) is 18.0. The van der Waals surface area contributed by atoms with Crippen molar-refractivity contribution in [1.29, 1.82) is 0 Å². The van der Waals surface area contributed by atoms with Crippen molar-refractivity contribution < 1.29 is 47.9 Å². The molecule has 7 atom stereocenters. The lowest BCUT2D eigenvalue weighted by molar-refractivity contribution is -0.147. The second-order valence-electron chi connectivity index (χ2n) is 15.5. The number of hydrogen-bond acceptors (Lipinski definition) is 10. The zero-order valence-corrected chi connectivity index (χ0v) is 34.0. The Bertz CT molecular complexity index is 1450. The highest BCUT2D eigenvalue weighted by Gasteiger charge is 2.41. The van der Waals surface area contributed by atoms with Gasteiger partial charge in [0.1, 0.15) is 24.6 Å². The molecule has 0 aliphatic carbocycles. The number of aliphatic hydroxyl groups excluding tert-OH is 2. The summed E-state index contributed by atoms with van der Waals surface area (Å²) in [6.45, 7) is 15.2. The molecule has 1 heterocycles. The zero-order valence-electron chi connectivity index (χ0n) is 33.0. The van der Waals surface area contributed by atoms with Crippen molar-refractivity contribution in [2.45, 2.75) is 141 Å². The quantitative estimate of drug-likeness (QED) is 0.0617. The molecule has 0 unspecified atom stereocenters. The molecule has 1 saturated heterocycles. The Hall–Kier alpha value is -3.24. The van der Waals surface area contributed by atoms with Crippen LogP contribution in [0.1, 0.15) is 95.5 Å². The maximum absolute atomic E-state index is 12.3. The second-order valence-corrected chi connectivity index (χ2v) is 20.3. The summed E-state index contributed by atoms with van der Waals surface area (Å²) >= 11 is 0. The van der Waals surface area contributed by atoms with Crippen LogP contribution in [-0.4, -0.2) is 87.4 Å². The molecule has 11 heteroatoms. The topological polar surface area (TPSA) is 130 Å². The highest BCUT2D eigenvalue weighted by atomic mass is 28.4. The summed E-state index contributed by atoms with van der Waals surface area (Å²) in [5, 5.41) is 22.2. The lowest BCUT2D eigenvalue weighted by Crippen LogP contribution is -2.48. The van der Waals surface area contributed by atoms with E-state index >= 15 is 0 Å². The monoisotopic (exact) mass is 754 g/mol. The van der Waals surface area contributed by atoms with E-state index in [-0.39, 0.29) is 48.0 Å². The molecule has 294 valence electrons. The van der Waals surface area contributed by atoms with E-state index in [1.54, 1.807) is 31.4 Å². The molecule has 0 amide bonds. The van der Waals surface area contributed by atoms with Crippen molar-refractivity contribution >= 4 is 20.3 Å². The first kappa shape index (κ1) is 44.2. The van der Waals surface area contributed by atoms with Gasteiger partial charge in [0, 0.05) is 25.7 Å². The Morgan fingerprint density at radius 1 is 0.981 bits per heavy atom. The number of benzene rings is 2. The number of hydrogen-bond donors (Lipinski definition) is 2. The summed E-state index contributed by atoms with van der Waals surface area (Å²) in [5.74, 6) is 5.50. The third kappa shape index (κ3) is 15.2. The lowest BCUT2D eigenvalue weighted by Gasteiger charge is -2.42. The van der Waals surface area contributed by atoms with E-state index in [1.165, 1.54) is 6.92 Å². The fourth-order valence-corrected chi connectivity index (χ4v) is 7.35. The molecule has 1 aliphatic rings. The highest BCUT2D eigenvalue weighted by molar-refractivity contribution is 6.74. The van der Waals surface area contributed by atoms with Gasteiger partial charge in [-0.15, -0.1) is 0 Å². The van der Waals surface area contributed by atoms with Crippen LogP contribution in [0.3, 0.4) is 0 Å². The van der Waals surface area contributed by atoms with Crippen molar-refractivity contribution in [3.63, 3.8) is 0 Å². The predicted molar refractivity (Wildman–Crippen MR) is 207 cm³/mol. The van der Waals surface area contributed by atoms with Gasteiger partial charge in [0.05, 0.1) is 50.3 Å². The molecule has 2 N–H and O–H groups in total. The summed E-state index contributed by atoms with van der Waals surface area (Å²) < 4.78 is 35.0. The number of methoxy groups -OCH3 is 1. The van der Waals surface area contributed by atoms with Crippen LogP contribution in [0.5, 0.6) is 5.75 Å². The molecule has 1 fully saturated rings. The molecule has 0 saturated carbocycles. The SMILES string of the molecule is COc1ccc(COCC[C@H](CCC[C@H](O[Si](C)(C)C(C)(C)C)[C@H](C)[C@@H](O)[C@H](O)C#CC[C@@H]2CC[C@@H](COC(=O)c3ccccc3)O2)OC(C)=O)cc1. The van der Waals surface area contributed by atoms with Crippen molar-refractivity contribution in [3.05, 3.63) is 65.7 Å². The number of carbonyl (C=O) groups excluding carboxylic acids is 2. The first-order valence-corrected chi connectivity index (χ1v) is 21.8. The highest BCUT2D eigenvalue weighted by Crippen LogP contribution is 2.39. The van der Waals surface area contributed by atoms with Crippen molar-refractivity contribution in [1.82, 2.24) is 0 Å². The van der Waals surface area contributed by atoms with Crippen LogP contribution in [0.15, 0.2) is 54.6 Å². The maximum Gasteiger partial charge on any atom is 0.338 e. The van der Waals surface area contributed by atoms with Gasteiger partial charge in [-0.2, -0.15) is 0 Å². The summed E-state index contributed by atoms with van der Waals surface area (Å²) in [7, 11) is -0.622. The van der Waals surface area contributed by atoms with Crippen LogP contribution in [0.4, 0.5) is 0 Å². The number of esters is 2. The summed E-state index contributed by atoms with van der Waals surface area (Å²) in [4.78, 5) is 24.2. The molecular formula is C42H62O10Si. The number of rotatable bonds is 20. The Balaban J connectivity index is 1.53. The number of aliphatic hydroxyl groups is 2. The molecule has 2 aromatic carbocycles. The van der Waals surface area contributed by atoms with Crippen LogP contribution < -0.4 is 4.74 Å². The summed E-state index contributed by atoms with van der Waals surface area (Å²) in [5.41, 5.74) is 1.53. The average molecular weight is 755 g/mol. The van der Waals surface area contributed by atoms with Gasteiger partial charge in [-0.25, -0.2) is 4.79 Å².